The molecule has 0 aromatic heterocycles. The van der Waals surface area contributed by atoms with Gasteiger partial charge in [-0.2, -0.15) is 0 Å². The molecule has 1 aliphatic heterocycles. The van der Waals surface area contributed by atoms with Crippen LogP contribution >= 0.6 is 0 Å². The third-order valence-electron chi connectivity index (χ3n) is 9.75. The van der Waals surface area contributed by atoms with E-state index < -0.39 is 35.8 Å². The Morgan fingerprint density at radius 3 is 1.45 bits per heavy atom. The zero-order chi connectivity index (χ0) is 42.5. The van der Waals surface area contributed by atoms with Crippen LogP contribution < -0.4 is 16.0 Å². The summed E-state index contributed by atoms with van der Waals surface area (Å²) in [6, 6.07) is 13.5. The lowest BCUT2D eigenvalue weighted by Crippen LogP contribution is -2.52. The van der Waals surface area contributed by atoms with Crippen molar-refractivity contribution in [2.75, 3.05) is 78.5 Å². The molecule has 1 fully saturated rings. The van der Waals surface area contributed by atoms with Crippen molar-refractivity contribution in [2.24, 2.45) is 0 Å². The van der Waals surface area contributed by atoms with E-state index in [1.165, 1.54) is 0 Å². The minimum Gasteiger partial charge on any atom is -0.480 e. The maximum absolute atomic E-state index is 12.9. The van der Waals surface area contributed by atoms with Crippen LogP contribution in [0, 0.1) is 6.92 Å². The van der Waals surface area contributed by atoms with Crippen LogP contribution in [0.4, 0.5) is 0 Å². The first-order valence-electron chi connectivity index (χ1n) is 19.4. The van der Waals surface area contributed by atoms with Crippen LogP contribution in [0.2, 0.25) is 0 Å². The molecule has 7 N–H and O–H groups in total. The Balaban J connectivity index is 1.47. The van der Waals surface area contributed by atoms with Gasteiger partial charge in [-0.1, -0.05) is 42.0 Å². The van der Waals surface area contributed by atoms with Gasteiger partial charge in [0.15, 0.2) is 0 Å². The van der Waals surface area contributed by atoms with E-state index in [2.05, 4.69) is 16.0 Å². The number of rotatable bonds is 21. The van der Waals surface area contributed by atoms with E-state index in [1.54, 1.807) is 43.9 Å². The van der Waals surface area contributed by atoms with E-state index in [0.29, 0.717) is 37.9 Å². The maximum atomic E-state index is 12.9. The first kappa shape index (κ1) is 46.9. The molecule has 2 aromatic rings. The number of amides is 3. The summed E-state index contributed by atoms with van der Waals surface area (Å²) in [5.41, 5.74) is 3.34. The number of aliphatic carboxylic acids is 4. The summed E-state index contributed by atoms with van der Waals surface area (Å²) in [5.74, 6) is -5.16. The Hall–Kier alpha value is -5.43. The fourth-order valence-corrected chi connectivity index (χ4v) is 6.42. The van der Waals surface area contributed by atoms with Crippen molar-refractivity contribution >= 4 is 41.6 Å². The summed E-state index contributed by atoms with van der Waals surface area (Å²) in [6.07, 6.45) is 1.41. The van der Waals surface area contributed by atoms with Gasteiger partial charge in [0.25, 0.3) is 5.91 Å². The van der Waals surface area contributed by atoms with Gasteiger partial charge in [-0.3, -0.25) is 53.2 Å². The minimum atomic E-state index is -1.18. The molecule has 1 unspecified atom stereocenters. The highest BCUT2D eigenvalue weighted by atomic mass is 16.4. The number of carboxylic acids is 4. The molecule has 18 nitrogen and oxygen atoms in total. The zero-order valence-electron chi connectivity index (χ0n) is 33.1. The van der Waals surface area contributed by atoms with Crippen LogP contribution in [0.15, 0.2) is 48.5 Å². The van der Waals surface area contributed by atoms with E-state index in [4.69, 9.17) is 0 Å². The molecule has 58 heavy (non-hydrogen) atoms. The Kier molecular flexibility index (Phi) is 20.3. The molecular formula is C40H57N7O11. The van der Waals surface area contributed by atoms with Crippen molar-refractivity contribution in [3.8, 4) is 0 Å². The highest BCUT2D eigenvalue weighted by molar-refractivity contribution is 5.94. The normalized spacial score (nSPS) is 15.6. The van der Waals surface area contributed by atoms with Gasteiger partial charge < -0.3 is 36.4 Å². The fraction of sp³-hybridized carbons (Fsp3) is 0.525. The number of nitrogens with one attached hydrogen (secondary N) is 3. The summed E-state index contributed by atoms with van der Waals surface area (Å²) >= 11 is 0. The number of carbonyl (C=O) groups excluding carboxylic acids is 3. The maximum Gasteiger partial charge on any atom is 0.320 e. The first-order valence-corrected chi connectivity index (χ1v) is 19.4. The molecule has 0 bridgehead atoms. The van der Waals surface area contributed by atoms with Gasteiger partial charge in [-0.15, -0.1) is 0 Å². The largest absolute Gasteiger partial charge is 0.480 e. The van der Waals surface area contributed by atoms with Gasteiger partial charge in [0, 0.05) is 90.4 Å². The van der Waals surface area contributed by atoms with E-state index in [9.17, 15) is 54.0 Å². The van der Waals surface area contributed by atoms with E-state index in [0.717, 1.165) is 16.7 Å². The number of carbonyl (C=O) groups is 7. The molecule has 0 radical (unpaired) electrons. The first-order chi connectivity index (χ1) is 27.7. The Bertz CT molecular complexity index is 1640. The van der Waals surface area contributed by atoms with Crippen LogP contribution in [0.5, 0.6) is 0 Å². The summed E-state index contributed by atoms with van der Waals surface area (Å²) in [7, 11) is 0. The highest BCUT2D eigenvalue weighted by Gasteiger charge is 2.28. The molecule has 318 valence electrons. The molecule has 3 amide bonds. The molecule has 0 aliphatic carbocycles. The lowest BCUT2D eigenvalue weighted by atomic mass is 10.1. The number of nitrogens with zero attached hydrogens (tertiary/aromatic N) is 4. The standard InChI is InChI=1S/C40H57N7O11/c1-29-5-7-30(8-6-29)24-42-34(48)4-2-3-15-41-39(56)32-11-9-31(10-12-32)25-43-35(49)14-13-33(40(57)58)47-22-20-45(27-37(52)53)18-16-44(26-36(50)51)17-19-46(21-23-47)28-38(54)55/h5-12,33H,2-4,13-28H2,1H3,(H,41,56)(H,42,48)(H,43,49)(H,50,51)(H,52,53)(H,54,55)(H,57,58). The highest BCUT2D eigenvalue weighted by Crippen LogP contribution is 2.12. The summed E-state index contributed by atoms with van der Waals surface area (Å²) < 4.78 is 0. The third kappa shape index (κ3) is 18.7. The monoisotopic (exact) mass is 811 g/mol. The molecular weight excluding hydrogens is 754 g/mol. The van der Waals surface area contributed by atoms with Crippen molar-refractivity contribution < 1.29 is 54.0 Å². The second-order valence-corrected chi connectivity index (χ2v) is 14.4. The molecule has 0 spiro atoms. The van der Waals surface area contributed by atoms with Gasteiger partial charge in [0.1, 0.15) is 6.04 Å². The minimum absolute atomic E-state index is 0.0486. The molecule has 1 saturated heterocycles. The van der Waals surface area contributed by atoms with Crippen LogP contribution in [-0.4, -0.2) is 166 Å². The fourth-order valence-electron chi connectivity index (χ4n) is 6.42. The number of hydrogen-bond acceptors (Lipinski definition) is 11. The summed E-state index contributed by atoms with van der Waals surface area (Å²) in [6.45, 7) is 3.32. The van der Waals surface area contributed by atoms with Gasteiger partial charge in [-0.05, 0) is 49.4 Å². The molecule has 1 aliphatic rings. The lowest BCUT2D eigenvalue weighted by molar-refractivity contribution is -0.145. The third-order valence-corrected chi connectivity index (χ3v) is 9.75. The van der Waals surface area contributed by atoms with Crippen molar-refractivity contribution in [2.45, 2.75) is 58.2 Å². The molecule has 1 heterocycles. The van der Waals surface area contributed by atoms with Crippen LogP contribution in [0.3, 0.4) is 0 Å². The Morgan fingerprint density at radius 2 is 1.00 bits per heavy atom. The molecule has 3 rings (SSSR count). The van der Waals surface area contributed by atoms with Gasteiger partial charge in [-0.25, -0.2) is 0 Å². The summed E-state index contributed by atoms with van der Waals surface area (Å²) in [5, 5.41) is 47.0. The van der Waals surface area contributed by atoms with E-state index >= 15 is 0 Å². The molecule has 0 saturated carbocycles. The Morgan fingerprint density at radius 1 is 0.569 bits per heavy atom. The van der Waals surface area contributed by atoms with Crippen molar-refractivity contribution in [3.63, 3.8) is 0 Å². The second kappa shape index (κ2) is 25.0. The quantitative estimate of drug-likeness (QED) is 0.0851. The van der Waals surface area contributed by atoms with Gasteiger partial charge in [0.05, 0.1) is 19.6 Å². The molecule has 18 heteroatoms. The smallest absolute Gasteiger partial charge is 0.320 e. The number of hydrogen-bond donors (Lipinski definition) is 7. The van der Waals surface area contributed by atoms with Crippen molar-refractivity contribution in [3.05, 3.63) is 70.8 Å². The van der Waals surface area contributed by atoms with Crippen molar-refractivity contribution in [1.29, 1.82) is 0 Å². The SMILES string of the molecule is Cc1ccc(CNC(=O)CCCCNC(=O)c2ccc(CNC(=O)CCC(C(=O)O)N3CCN(CC(=O)O)CCN(CC(=O)O)CCN(CC(=O)O)CC3)cc2)cc1. The number of benzene rings is 2. The second-order valence-electron chi connectivity index (χ2n) is 14.4. The Labute approximate surface area is 338 Å². The number of carboxylic acid groups (broad SMARTS) is 4. The summed E-state index contributed by atoms with van der Waals surface area (Å²) in [4.78, 5) is 91.2. The van der Waals surface area contributed by atoms with E-state index in [1.807, 2.05) is 31.2 Å². The molecule has 2 aromatic carbocycles. The average molecular weight is 812 g/mol. The van der Waals surface area contributed by atoms with E-state index in [-0.39, 0.29) is 103 Å². The average Bonchev–Trinajstić information content (AvgIpc) is 3.16. The number of unbranched alkanes of at least 4 members (excludes halogenated alkanes) is 1. The number of aryl methyl sites for hydroxylation is 1. The lowest BCUT2D eigenvalue weighted by Gasteiger charge is -2.35. The van der Waals surface area contributed by atoms with Gasteiger partial charge >= 0.3 is 23.9 Å². The molecule has 1 atom stereocenters. The van der Waals surface area contributed by atoms with Crippen LogP contribution in [0.25, 0.3) is 0 Å². The van der Waals surface area contributed by atoms with Gasteiger partial charge in [0.2, 0.25) is 11.8 Å². The van der Waals surface area contributed by atoms with Crippen LogP contribution in [0.1, 0.15) is 59.2 Å². The van der Waals surface area contributed by atoms with Crippen molar-refractivity contribution in [1.82, 2.24) is 35.6 Å². The zero-order valence-corrected chi connectivity index (χ0v) is 33.1. The topological polar surface area (TPSA) is 249 Å². The predicted octanol–water partition coefficient (Wildman–Crippen LogP) is 0.537. The predicted molar refractivity (Wildman–Crippen MR) is 212 cm³/mol. The van der Waals surface area contributed by atoms with Crippen LogP contribution in [-0.2, 0) is 41.9 Å².